The van der Waals surface area contributed by atoms with Crippen molar-refractivity contribution in [3.63, 3.8) is 0 Å². The number of carbonyl (C=O) groups is 1. The lowest BCUT2D eigenvalue weighted by Gasteiger charge is -2.15. The summed E-state index contributed by atoms with van der Waals surface area (Å²) < 4.78 is 28.2. The van der Waals surface area contributed by atoms with Crippen LogP contribution < -0.4 is 15.4 Å². The van der Waals surface area contributed by atoms with E-state index in [0.717, 1.165) is 19.3 Å². The molecule has 3 N–H and O–H groups in total. The Hall–Kier alpha value is -1.89. The Kier molecular flexibility index (Phi) is 5.32. The van der Waals surface area contributed by atoms with E-state index in [1.54, 1.807) is 0 Å². The average molecular weight is 300 g/mol. The number of anilines is 1. The first-order valence-electron chi connectivity index (χ1n) is 6.82. The molecule has 1 aliphatic carbocycles. The van der Waals surface area contributed by atoms with Gasteiger partial charge in [-0.1, -0.05) is 6.42 Å². The molecule has 2 rings (SSSR count). The van der Waals surface area contributed by atoms with Gasteiger partial charge in [-0.2, -0.15) is 8.78 Å². The first kappa shape index (κ1) is 15.5. The Labute approximate surface area is 121 Å². The lowest BCUT2D eigenvalue weighted by atomic mass is 10.1. The van der Waals surface area contributed by atoms with E-state index in [9.17, 15) is 18.7 Å². The number of hydrogen-bond donors (Lipinski definition) is 3. The average Bonchev–Trinajstić information content (AvgIpc) is 2.84. The van der Waals surface area contributed by atoms with Gasteiger partial charge >= 0.3 is 12.6 Å². The standard InChI is InChI=1S/C14H18F2N2O3/c15-13(16)21-11-6-4-10(5-7-11)18-14(20)17-8-9-2-1-3-12(9)19/h4-7,9,12-13,19H,1-3,8H2,(H2,17,18,20)/t9-,12-/m1/s1. The van der Waals surface area contributed by atoms with Gasteiger partial charge in [0.2, 0.25) is 0 Å². The van der Waals surface area contributed by atoms with Gasteiger partial charge in [-0.05, 0) is 37.1 Å². The molecule has 7 heteroatoms. The summed E-state index contributed by atoms with van der Waals surface area (Å²) in [4.78, 5) is 11.7. The smallest absolute Gasteiger partial charge is 0.387 e. The van der Waals surface area contributed by atoms with E-state index in [0.29, 0.717) is 12.2 Å². The van der Waals surface area contributed by atoms with Crippen LogP contribution in [-0.4, -0.2) is 30.4 Å². The molecule has 21 heavy (non-hydrogen) atoms. The van der Waals surface area contributed by atoms with E-state index in [1.165, 1.54) is 24.3 Å². The quantitative estimate of drug-likeness (QED) is 0.782. The summed E-state index contributed by atoms with van der Waals surface area (Å²) in [5.74, 6) is 0.127. The molecule has 0 heterocycles. The summed E-state index contributed by atoms with van der Waals surface area (Å²) in [6.07, 6.45) is 2.30. The molecule has 5 nitrogen and oxygen atoms in total. The van der Waals surface area contributed by atoms with Crippen molar-refractivity contribution in [3.05, 3.63) is 24.3 Å². The second-order valence-corrected chi connectivity index (χ2v) is 5.00. The van der Waals surface area contributed by atoms with Crippen LogP contribution in [0.5, 0.6) is 5.75 Å². The van der Waals surface area contributed by atoms with Crippen LogP contribution >= 0.6 is 0 Å². The second kappa shape index (κ2) is 7.21. The van der Waals surface area contributed by atoms with Gasteiger partial charge in [0.05, 0.1) is 6.10 Å². The molecule has 0 spiro atoms. The maximum atomic E-state index is 12.0. The van der Waals surface area contributed by atoms with Crippen molar-refractivity contribution in [2.45, 2.75) is 32.0 Å². The molecule has 1 aliphatic rings. The third-order valence-electron chi connectivity index (χ3n) is 3.48. The van der Waals surface area contributed by atoms with E-state index in [4.69, 9.17) is 0 Å². The zero-order valence-electron chi connectivity index (χ0n) is 11.4. The molecule has 2 amide bonds. The van der Waals surface area contributed by atoms with Crippen molar-refractivity contribution in [1.82, 2.24) is 5.32 Å². The molecule has 1 fully saturated rings. The highest BCUT2D eigenvalue weighted by molar-refractivity contribution is 5.89. The number of hydrogen-bond acceptors (Lipinski definition) is 3. The molecule has 0 bridgehead atoms. The van der Waals surface area contributed by atoms with Crippen LogP contribution in [0, 0.1) is 5.92 Å². The van der Waals surface area contributed by atoms with Crippen molar-refractivity contribution in [3.8, 4) is 5.75 Å². The SMILES string of the molecule is O=C(NC[C@H]1CCC[C@H]1O)Nc1ccc(OC(F)F)cc1. The minimum atomic E-state index is -2.87. The Morgan fingerprint density at radius 2 is 2.05 bits per heavy atom. The summed E-state index contributed by atoms with van der Waals surface area (Å²) in [6.45, 7) is -2.45. The zero-order valence-corrected chi connectivity index (χ0v) is 11.4. The molecular formula is C14H18F2N2O3. The fourth-order valence-corrected chi connectivity index (χ4v) is 2.37. The Morgan fingerprint density at radius 1 is 1.33 bits per heavy atom. The number of urea groups is 1. The molecular weight excluding hydrogens is 282 g/mol. The van der Waals surface area contributed by atoms with Crippen LogP contribution in [0.2, 0.25) is 0 Å². The monoisotopic (exact) mass is 300 g/mol. The number of halogens is 2. The molecule has 2 atom stereocenters. The molecule has 0 saturated heterocycles. The van der Waals surface area contributed by atoms with E-state index >= 15 is 0 Å². The van der Waals surface area contributed by atoms with Gasteiger partial charge in [0.25, 0.3) is 0 Å². The van der Waals surface area contributed by atoms with Gasteiger partial charge in [0.1, 0.15) is 5.75 Å². The number of ether oxygens (including phenoxy) is 1. The highest BCUT2D eigenvalue weighted by Gasteiger charge is 2.25. The Balaban J connectivity index is 1.77. The van der Waals surface area contributed by atoms with Crippen molar-refractivity contribution in [1.29, 1.82) is 0 Å². The van der Waals surface area contributed by atoms with Crippen LogP contribution in [-0.2, 0) is 0 Å². The summed E-state index contributed by atoms with van der Waals surface area (Å²) >= 11 is 0. The number of benzene rings is 1. The van der Waals surface area contributed by atoms with Crippen LogP contribution in [0.15, 0.2) is 24.3 Å². The van der Waals surface area contributed by atoms with Crippen molar-refractivity contribution >= 4 is 11.7 Å². The summed E-state index contributed by atoms with van der Waals surface area (Å²) in [5.41, 5.74) is 0.473. The number of aliphatic hydroxyl groups excluding tert-OH is 1. The number of carbonyl (C=O) groups excluding carboxylic acids is 1. The summed E-state index contributed by atoms with van der Waals surface area (Å²) in [7, 11) is 0. The number of nitrogens with one attached hydrogen (secondary N) is 2. The lowest BCUT2D eigenvalue weighted by molar-refractivity contribution is -0.0498. The van der Waals surface area contributed by atoms with Gasteiger partial charge in [-0.25, -0.2) is 4.79 Å². The number of rotatable bonds is 5. The van der Waals surface area contributed by atoms with Crippen LogP contribution in [0.4, 0.5) is 19.3 Å². The highest BCUT2D eigenvalue weighted by atomic mass is 19.3. The number of aliphatic hydroxyl groups is 1. The fraction of sp³-hybridized carbons (Fsp3) is 0.500. The molecule has 0 aromatic heterocycles. The third-order valence-corrected chi connectivity index (χ3v) is 3.48. The molecule has 0 aliphatic heterocycles. The number of amides is 2. The van der Waals surface area contributed by atoms with E-state index < -0.39 is 12.6 Å². The maximum absolute atomic E-state index is 12.0. The van der Waals surface area contributed by atoms with Crippen LogP contribution in [0.25, 0.3) is 0 Å². The topological polar surface area (TPSA) is 70.6 Å². The largest absolute Gasteiger partial charge is 0.435 e. The lowest BCUT2D eigenvalue weighted by Crippen LogP contribution is -2.35. The first-order chi connectivity index (χ1) is 10.0. The fourth-order valence-electron chi connectivity index (χ4n) is 2.37. The summed E-state index contributed by atoms with van der Waals surface area (Å²) in [6, 6.07) is 5.26. The summed E-state index contributed by atoms with van der Waals surface area (Å²) in [5, 5.41) is 14.9. The molecule has 0 radical (unpaired) electrons. The highest BCUT2D eigenvalue weighted by Crippen LogP contribution is 2.24. The van der Waals surface area contributed by atoms with Crippen LogP contribution in [0.1, 0.15) is 19.3 Å². The van der Waals surface area contributed by atoms with E-state index in [-0.39, 0.29) is 17.8 Å². The van der Waals surface area contributed by atoms with Gasteiger partial charge in [-0.3, -0.25) is 0 Å². The third kappa shape index (κ3) is 4.86. The minimum Gasteiger partial charge on any atom is -0.435 e. The molecule has 1 aromatic carbocycles. The second-order valence-electron chi connectivity index (χ2n) is 5.00. The van der Waals surface area contributed by atoms with Crippen molar-refractivity contribution < 1.29 is 23.4 Å². The molecule has 1 saturated carbocycles. The van der Waals surface area contributed by atoms with Gasteiger partial charge < -0.3 is 20.5 Å². The zero-order chi connectivity index (χ0) is 15.2. The first-order valence-corrected chi connectivity index (χ1v) is 6.82. The molecule has 0 unspecified atom stereocenters. The van der Waals surface area contributed by atoms with Gasteiger partial charge in [-0.15, -0.1) is 0 Å². The molecule has 116 valence electrons. The van der Waals surface area contributed by atoms with Gasteiger partial charge in [0, 0.05) is 18.2 Å². The predicted molar refractivity (Wildman–Crippen MR) is 73.4 cm³/mol. The minimum absolute atomic E-state index is 0.0324. The van der Waals surface area contributed by atoms with E-state index in [1.807, 2.05) is 0 Å². The Morgan fingerprint density at radius 3 is 2.62 bits per heavy atom. The van der Waals surface area contributed by atoms with Crippen molar-refractivity contribution in [2.75, 3.05) is 11.9 Å². The van der Waals surface area contributed by atoms with Crippen molar-refractivity contribution in [2.24, 2.45) is 5.92 Å². The predicted octanol–water partition coefficient (Wildman–Crippen LogP) is 2.57. The normalized spacial score (nSPS) is 21.3. The Bertz CT molecular complexity index is 468. The number of alkyl halides is 2. The molecule has 1 aromatic rings. The van der Waals surface area contributed by atoms with E-state index in [2.05, 4.69) is 15.4 Å². The maximum Gasteiger partial charge on any atom is 0.387 e. The van der Waals surface area contributed by atoms with Crippen LogP contribution in [0.3, 0.4) is 0 Å². The van der Waals surface area contributed by atoms with Gasteiger partial charge in [0.15, 0.2) is 0 Å².